The highest BCUT2D eigenvalue weighted by molar-refractivity contribution is 7.26. The van der Waals surface area contributed by atoms with E-state index in [1.54, 1.807) is 0 Å². The number of hydrogen-bond acceptors (Lipinski definition) is 1. The molecule has 1 aromatic heterocycles. The van der Waals surface area contributed by atoms with Gasteiger partial charge in [0.05, 0.1) is 0 Å². The van der Waals surface area contributed by atoms with Crippen molar-refractivity contribution >= 4 is 42.3 Å². The van der Waals surface area contributed by atoms with Crippen molar-refractivity contribution in [1.29, 1.82) is 0 Å². The molecule has 0 spiro atoms. The van der Waals surface area contributed by atoms with Crippen LogP contribution in [0.15, 0.2) is 158 Å². The number of rotatable bonds is 4. The SMILES string of the molecule is c1ccc(-c2cc(-c3ccccc3)cc(-c3ccc4cc(-c5cccc6c5sc5ccccc56)ccc4c3)c2)cc1. The maximum Gasteiger partial charge on any atom is 0.0433 e. The summed E-state index contributed by atoms with van der Waals surface area (Å²) in [4.78, 5) is 0. The molecule has 1 heterocycles. The first-order valence-corrected chi connectivity index (χ1v) is 14.8. The number of hydrogen-bond donors (Lipinski definition) is 0. The number of fused-ring (bicyclic) bond motifs is 4. The van der Waals surface area contributed by atoms with Gasteiger partial charge in [0.15, 0.2) is 0 Å². The molecule has 0 radical (unpaired) electrons. The van der Waals surface area contributed by atoms with Gasteiger partial charge in [0.1, 0.15) is 0 Å². The lowest BCUT2D eigenvalue weighted by molar-refractivity contribution is 1.57. The van der Waals surface area contributed by atoms with Crippen LogP contribution in [0.3, 0.4) is 0 Å². The van der Waals surface area contributed by atoms with Crippen LogP contribution in [0, 0.1) is 0 Å². The molecule has 0 saturated carbocycles. The summed E-state index contributed by atoms with van der Waals surface area (Å²) in [6.45, 7) is 0. The van der Waals surface area contributed by atoms with E-state index in [1.807, 2.05) is 11.3 Å². The smallest absolute Gasteiger partial charge is 0.0433 e. The van der Waals surface area contributed by atoms with Gasteiger partial charge in [0, 0.05) is 20.2 Å². The Labute approximate surface area is 243 Å². The van der Waals surface area contributed by atoms with Gasteiger partial charge in [0.25, 0.3) is 0 Å². The third-order valence-electron chi connectivity index (χ3n) is 8.04. The van der Waals surface area contributed by atoms with Crippen LogP contribution >= 0.6 is 11.3 Å². The molecule has 0 N–H and O–H groups in total. The average molecular weight is 539 g/mol. The van der Waals surface area contributed by atoms with Crippen molar-refractivity contribution in [2.75, 3.05) is 0 Å². The van der Waals surface area contributed by atoms with Crippen LogP contribution < -0.4 is 0 Å². The van der Waals surface area contributed by atoms with E-state index in [9.17, 15) is 0 Å². The number of thiophene rings is 1. The third-order valence-corrected chi connectivity index (χ3v) is 9.26. The molecule has 0 bridgehead atoms. The van der Waals surface area contributed by atoms with Crippen molar-refractivity contribution in [1.82, 2.24) is 0 Å². The molecular weight excluding hydrogens is 513 g/mol. The predicted molar refractivity (Wildman–Crippen MR) is 179 cm³/mol. The van der Waals surface area contributed by atoms with Crippen molar-refractivity contribution in [3.8, 4) is 44.5 Å². The van der Waals surface area contributed by atoms with Gasteiger partial charge in [-0.3, -0.25) is 0 Å². The Morgan fingerprint density at radius 1 is 0.317 bits per heavy atom. The lowest BCUT2D eigenvalue weighted by atomic mass is 9.92. The quantitative estimate of drug-likeness (QED) is 0.209. The maximum atomic E-state index is 2.34. The molecule has 0 aliphatic carbocycles. The second-order valence-electron chi connectivity index (χ2n) is 10.6. The van der Waals surface area contributed by atoms with Crippen LogP contribution in [0.5, 0.6) is 0 Å². The third kappa shape index (κ3) is 4.32. The molecule has 0 atom stereocenters. The van der Waals surface area contributed by atoms with Gasteiger partial charge in [0.2, 0.25) is 0 Å². The summed E-state index contributed by atoms with van der Waals surface area (Å²) in [6.07, 6.45) is 0. The summed E-state index contributed by atoms with van der Waals surface area (Å²) in [5, 5.41) is 5.19. The monoisotopic (exact) mass is 538 g/mol. The molecular formula is C40H26S. The second-order valence-corrected chi connectivity index (χ2v) is 11.6. The molecule has 8 aromatic rings. The first-order chi connectivity index (χ1) is 20.3. The largest absolute Gasteiger partial charge is 0.135 e. The highest BCUT2D eigenvalue weighted by Gasteiger charge is 2.12. The minimum absolute atomic E-state index is 1.23. The van der Waals surface area contributed by atoms with Gasteiger partial charge < -0.3 is 0 Å². The molecule has 0 unspecified atom stereocenters. The average Bonchev–Trinajstić information content (AvgIpc) is 3.44. The molecule has 8 rings (SSSR count). The standard InChI is InChI=1S/C40H26S/c1-3-10-27(11-4-1)33-24-34(28-12-5-2-6-13-28)26-35(25-33)31-19-18-30-23-32(21-20-29(30)22-31)36-15-9-16-38-37-14-7-8-17-39(37)41-40(36)38/h1-26H. The number of benzene rings is 7. The Bertz CT molecular complexity index is 2130. The van der Waals surface area contributed by atoms with E-state index in [0.717, 1.165) is 0 Å². The second kappa shape index (κ2) is 9.89. The van der Waals surface area contributed by atoms with Crippen LogP contribution in [0.1, 0.15) is 0 Å². The van der Waals surface area contributed by atoms with Crippen LogP contribution in [-0.2, 0) is 0 Å². The highest BCUT2D eigenvalue weighted by atomic mass is 32.1. The molecule has 0 amide bonds. The molecule has 41 heavy (non-hydrogen) atoms. The zero-order valence-corrected chi connectivity index (χ0v) is 23.2. The molecule has 7 aromatic carbocycles. The lowest BCUT2D eigenvalue weighted by Crippen LogP contribution is -1.87. The van der Waals surface area contributed by atoms with Gasteiger partial charge in [-0.1, -0.05) is 121 Å². The van der Waals surface area contributed by atoms with Crippen LogP contribution in [0.4, 0.5) is 0 Å². The minimum Gasteiger partial charge on any atom is -0.135 e. The highest BCUT2D eigenvalue weighted by Crippen LogP contribution is 2.41. The van der Waals surface area contributed by atoms with E-state index >= 15 is 0 Å². The van der Waals surface area contributed by atoms with Crippen LogP contribution in [0.25, 0.3) is 75.5 Å². The van der Waals surface area contributed by atoms with Crippen molar-refractivity contribution < 1.29 is 0 Å². The Morgan fingerprint density at radius 2 is 0.854 bits per heavy atom. The summed E-state index contributed by atoms with van der Waals surface area (Å²) < 4.78 is 2.70. The fourth-order valence-corrected chi connectivity index (χ4v) is 7.19. The summed E-state index contributed by atoms with van der Waals surface area (Å²) in [7, 11) is 0. The van der Waals surface area contributed by atoms with E-state index in [2.05, 4.69) is 158 Å². The lowest BCUT2D eigenvalue weighted by Gasteiger charge is -2.12. The summed E-state index contributed by atoms with van der Waals surface area (Å²) in [6, 6.07) is 57.5. The minimum atomic E-state index is 1.23. The van der Waals surface area contributed by atoms with Crippen molar-refractivity contribution in [2.24, 2.45) is 0 Å². The van der Waals surface area contributed by atoms with E-state index in [4.69, 9.17) is 0 Å². The Kier molecular flexibility index (Phi) is 5.76. The zero-order valence-electron chi connectivity index (χ0n) is 22.4. The Balaban J connectivity index is 1.24. The first-order valence-electron chi connectivity index (χ1n) is 14.0. The molecule has 0 aliphatic heterocycles. The topological polar surface area (TPSA) is 0 Å². The van der Waals surface area contributed by atoms with Gasteiger partial charge >= 0.3 is 0 Å². The molecule has 0 saturated heterocycles. The summed E-state index contributed by atoms with van der Waals surface area (Å²) in [5.41, 5.74) is 9.94. The Morgan fingerprint density at radius 3 is 1.54 bits per heavy atom. The van der Waals surface area contributed by atoms with E-state index < -0.39 is 0 Å². The predicted octanol–water partition coefficient (Wildman–Crippen LogP) is 11.9. The van der Waals surface area contributed by atoms with Gasteiger partial charge in [-0.15, -0.1) is 11.3 Å². The van der Waals surface area contributed by atoms with Gasteiger partial charge in [-0.05, 0) is 91.7 Å². The molecule has 192 valence electrons. The van der Waals surface area contributed by atoms with E-state index in [1.165, 1.54) is 75.5 Å². The van der Waals surface area contributed by atoms with E-state index in [0.29, 0.717) is 0 Å². The first kappa shape index (κ1) is 23.9. The van der Waals surface area contributed by atoms with Crippen LogP contribution in [-0.4, -0.2) is 0 Å². The molecule has 0 nitrogen and oxygen atoms in total. The van der Waals surface area contributed by atoms with Gasteiger partial charge in [-0.25, -0.2) is 0 Å². The zero-order chi connectivity index (χ0) is 27.2. The fourth-order valence-electron chi connectivity index (χ4n) is 5.96. The fraction of sp³-hybridized carbons (Fsp3) is 0. The van der Waals surface area contributed by atoms with Crippen molar-refractivity contribution in [3.63, 3.8) is 0 Å². The molecule has 0 aliphatic rings. The molecule has 1 heteroatoms. The van der Waals surface area contributed by atoms with E-state index in [-0.39, 0.29) is 0 Å². The normalized spacial score (nSPS) is 11.4. The van der Waals surface area contributed by atoms with Crippen LogP contribution in [0.2, 0.25) is 0 Å². The maximum absolute atomic E-state index is 2.34. The molecule has 0 fully saturated rings. The summed E-state index contributed by atoms with van der Waals surface area (Å²) >= 11 is 1.89. The van der Waals surface area contributed by atoms with Crippen molar-refractivity contribution in [2.45, 2.75) is 0 Å². The summed E-state index contributed by atoms with van der Waals surface area (Å²) in [5.74, 6) is 0. The van der Waals surface area contributed by atoms with Crippen molar-refractivity contribution in [3.05, 3.63) is 158 Å². The Hall–Kier alpha value is -4.98. The van der Waals surface area contributed by atoms with Gasteiger partial charge in [-0.2, -0.15) is 0 Å².